The molecular weight excluding hydrogens is 364 g/mol. The van der Waals surface area contributed by atoms with Gasteiger partial charge < -0.3 is 14.8 Å². The Kier molecular flexibility index (Phi) is 6.87. The van der Waals surface area contributed by atoms with E-state index in [1.807, 2.05) is 90.8 Å². The standard InChI is InChI=1S/C24H26N2O3/c1-26(17-19-14-15-21(28-2)16-22(19)29-3)23(18-10-6-4-7-11-18)24(27)25-20-12-8-5-9-13-20/h4-16,23H,17H2,1-3H3,(H,25,27). The summed E-state index contributed by atoms with van der Waals surface area (Å²) in [6.07, 6.45) is 0. The van der Waals surface area contributed by atoms with Crippen molar-refractivity contribution in [3.05, 3.63) is 90.0 Å². The van der Waals surface area contributed by atoms with Crippen LogP contribution < -0.4 is 14.8 Å². The lowest BCUT2D eigenvalue weighted by molar-refractivity contribution is -0.121. The molecule has 0 aromatic heterocycles. The highest BCUT2D eigenvalue weighted by molar-refractivity contribution is 5.95. The van der Waals surface area contributed by atoms with Gasteiger partial charge in [0.25, 0.3) is 0 Å². The van der Waals surface area contributed by atoms with Crippen LogP contribution in [0.25, 0.3) is 0 Å². The molecule has 3 aromatic carbocycles. The van der Waals surface area contributed by atoms with Crippen molar-refractivity contribution in [2.75, 3.05) is 26.6 Å². The third-order valence-corrected chi connectivity index (χ3v) is 4.76. The predicted octanol–water partition coefficient (Wildman–Crippen LogP) is 4.52. The van der Waals surface area contributed by atoms with Crippen molar-refractivity contribution in [2.45, 2.75) is 12.6 Å². The van der Waals surface area contributed by atoms with Crippen LogP contribution in [0.2, 0.25) is 0 Å². The minimum atomic E-state index is -0.455. The van der Waals surface area contributed by atoms with Gasteiger partial charge in [0.15, 0.2) is 0 Å². The average Bonchev–Trinajstić information content (AvgIpc) is 2.75. The first-order valence-electron chi connectivity index (χ1n) is 9.44. The number of anilines is 1. The Morgan fingerprint density at radius 1 is 0.931 bits per heavy atom. The topological polar surface area (TPSA) is 50.8 Å². The Hall–Kier alpha value is -3.31. The summed E-state index contributed by atoms with van der Waals surface area (Å²) in [4.78, 5) is 15.2. The molecule has 3 aromatic rings. The number of carbonyl (C=O) groups is 1. The molecule has 0 heterocycles. The van der Waals surface area contributed by atoms with Crippen molar-refractivity contribution in [3.63, 3.8) is 0 Å². The Bertz CT molecular complexity index is 929. The Labute approximate surface area is 171 Å². The van der Waals surface area contributed by atoms with E-state index < -0.39 is 6.04 Å². The summed E-state index contributed by atoms with van der Waals surface area (Å²) in [6, 6.07) is 24.5. The van der Waals surface area contributed by atoms with E-state index in [0.717, 1.165) is 28.3 Å². The van der Waals surface area contributed by atoms with E-state index in [2.05, 4.69) is 5.32 Å². The highest BCUT2D eigenvalue weighted by atomic mass is 16.5. The SMILES string of the molecule is COc1ccc(CN(C)C(C(=O)Nc2ccccc2)c2ccccc2)c(OC)c1. The normalized spacial score (nSPS) is 11.7. The molecule has 1 atom stereocenters. The Morgan fingerprint density at radius 3 is 2.21 bits per heavy atom. The molecule has 0 fully saturated rings. The zero-order chi connectivity index (χ0) is 20.6. The zero-order valence-electron chi connectivity index (χ0n) is 17.0. The molecule has 1 N–H and O–H groups in total. The molecule has 0 spiro atoms. The highest BCUT2D eigenvalue weighted by Crippen LogP contribution is 2.29. The molecule has 5 nitrogen and oxygen atoms in total. The van der Waals surface area contributed by atoms with Gasteiger partial charge in [0.2, 0.25) is 5.91 Å². The first kappa shape index (κ1) is 20.4. The summed E-state index contributed by atoms with van der Waals surface area (Å²) in [5.41, 5.74) is 2.68. The van der Waals surface area contributed by atoms with E-state index in [1.165, 1.54) is 0 Å². The second-order valence-corrected chi connectivity index (χ2v) is 6.76. The van der Waals surface area contributed by atoms with Crippen LogP contribution in [0.3, 0.4) is 0 Å². The van der Waals surface area contributed by atoms with Gasteiger partial charge in [0.1, 0.15) is 17.5 Å². The summed E-state index contributed by atoms with van der Waals surface area (Å²) < 4.78 is 10.8. The molecule has 150 valence electrons. The molecule has 0 radical (unpaired) electrons. The second-order valence-electron chi connectivity index (χ2n) is 6.76. The average molecular weight is 390 g/mol. The molecule has 0 saturated heterocycles. The number of methoxy groups -OCH3 is 2. The Morgan fingerprint density at radius 2 is 1.59 bits per heavy atom. The van der Waals surface area contributed by atoms with E-state index in [4.69, 9.17) is 9.47 Å². The van der Waals surface area contributed by atoms with Gasteiger partial charge in [0.05, 0.1) is 14.2 Å². The van der Waals surface area contributed by atoms with Gasteiger partial charge in [-0.2, -0.15) is 0 Å². The minimum Gasteiger partial charge on any atom is -0.497 e. The molecule has 0 bridgehead atoms. The number of nitrogens with one attached hydrogen (secondary N) is 1. The van der Waals surface area contributed by atoms with Gasteiger partial charge >= 0.3 is 0 Å². The number of hydrogen-bond donors (Lipinski definition) is 1. The van der Waals surface area contributed by atoms with E-state index in [0.29, 0.717) is 6.54 Å². The van der Waals surface area contributed by atoms with Crippen LogP contribution in [0.5, 0.6) is 11.5 Å². The van der Waals surface area contributed by atoms with Crippen LogP contribution in [0.15, 0.2) is 78.9 Å². The second kappa shape index (κ2) is 9.75. The number of amides is 1. The molecule has 5 heteroatoms. The van der Waals surface area contributed by atoms with Crippen molar-refractivity contribution >= 4 is 11.6 Å². The van der Waals surface area contributed by atoms with Gasteiger partial charge in [-0.1, -0.05) is 54.6 Å². The number of nitrogens with zero attached hydrogens (tertiary/aromatic N) is 1. The number of benzene rings is 3. The Balaban J connectivity index is 1.87. The van der Waals surface area contributed by atoms with Crippen LogP contribution in [0.1, 0.15) is 17.2 Å². The lowest BCUT2D eigenvalue weighted by Gasteiger charge is -2.28. The lowest BCUT2D eigenvalue weighted by Crippen LogP contribution is -2.34. The number of para-hydroxylation sites is 1. The van der Waals surface area contributed by atoms with Crippen LogP contribution in [0, 0.1) is 0 Å². The van der Waals surface area contributed by atoms with E-state index >= 15 is 0 Å². The van der Waals surface area contributed by atoms with Crippen molar-refractivity contribution in [2.24, 2.45) is 0 Å². The van der Waals surface area contributed by atoms with Gasteiger partial charge in [-0.15, -0.1) is 0 Å². The first-order chi connectivity index (χ1) is 14.1. The summed E-state index contributed by atoms with van der Waals surface area (Å²) in [5.74, 6) is 1.37. The fraction of sp³-hybridized carbons (Fsp3) is 0.208. The monoisotopic (exact) mass is 390 g/mol. The molecule has 3 rings (SSSR count). The molecule has 29 heavy (non-hydrogen) atoms. The molecule has 0 aliphatic heterocycles. The summed E-state index contributed by atoms with van der Waals surface area (Å²) in [5, 5.41) is 3.02. The number of likely N-dealkylation sites (N-methyl/N-ethyl adjacent to an activating group) is 1. The van der Waals surface area contributed by atoms with E-state index in [9.17, 15) is 4.79 Å². The molecular formula is C24H26N2O3. The number of rotatable bonds is 8. The first-order valence-corrected chi connectivity index (χ1v) is 9.44. The van der Waals surface area contributed by atoms with Gasteiger partial charge in [-0.3, -0.25) is 9.69 Å². The highest BCUT2D eigenvalue weighted by Gasteiger charge is 2.26. The van der Waals surface area contributed by atoms with Crippen molar-refractivity contribution in [3.8, 4) is 11.5 Å². The molecule has 0 aliphatic rings. The fourth-order valence-corrected chi connectivity index (χ4v) is 3.32. The van der Waals surface area contributed by atoms with Crippen molar-refractivity contribution < 1.29 is 14.3 Å². The third kappa shape index (κ3) is 5.15. The fourth-order valence-electron chi connectivity index (χ4n) is 3.32. The molecule has 0 aliphatic carbocycles. The maximum Gasteiger partial charge on any atom is 0.246 e. The predicted molar refractivity (Wildman–Crippen MR) is 115 cm³/mol. The number of hydrogen-bond acceptors (Lipinski definition) is 4. The summed E-state index contributed by atoms with van der Waals surface area (Å²) in [7, 11) is 5.20. The molecule has 0 saturated carbocycles. The summed E-state index contributed by atoms with van der Waals surface area (Å²) >= 11 is 0. The van der Waals surface area contributed by atoms with Gasteiger partial charge in [-0.25, -0.2) is 0 Å². The zero-order valence-corrected chi connectivity index (χ0v) is 17.0. The smallest absolute Gasteiger partial charge is 0.246 e. The third-order valence-electron chi connectivity index (χ3n) is 4.76. The van der Waals surface area contributed by atoms with Crippen LogP contribution in [0.4, 0.5) is 5.69 Å². The minimum absolute atomic E-state index is 0.0858. The maximum absolute atomic E-state index is 13.2. The number of ether oxygens (including phenoxy) is 2. The summed E-state index contributed by atoms with van der Waals surface area (Å²) in [6.45, 7) is 0.537. The lowest BCUT2D eigenvalue weighted by atomic mass is 10.0. The van der Waals surface area contributed by atoms with Crippen LogP contribution >= 0.6 is 0 Å². The van der Waals surface area contributed by atoms with Gasteiger partial charge in [-0.05, 0) is 30.8 Å². The van der Waals surface area contributed by atoms with Crippen LogP contribution in [-0.4, -0.2) is 32.1 Å². The molecule has 1 amide bonds. The quantitative estimate of drug-likeness (QED) is 0.615. The number of carbonyl (C=O) groups excluding carboxylic acids is 1. The van der Waals surface area contributed by atoms with Crippen molar-refractivity contribution in [1.82, 2.24) is 4.90 Å². The van der Waals surface area contributed by atoms with Crippen molar-refractivity contribution in [1.29, 1.82) is 0 Å². The van der Waals surface area contributed by atoms with E-state index in [1.54, 1.807) is 14.2 Å². The van der Waals surface area contributed by atoms with E-state index in [-0.39, 0.29) is 5.91 Å². The largest absolute Gasteiger partial charge is 0.497 e. The molecule has 1 unspecified atom stereocenters. The maximum atomic E-state index is 13.2. The van der Waals surface area contributed by atoms with Gasteiger partial charge in [0, 0.05) is 23.9 Å². The van der Waals surface area contributed by atoms with Crippen LogP contribution in [-0.2, 0) is 11.3 Å².